The zero-order valence-corrected chi connectivity index (χ0v) is 17.2. The molecule has 0 aromatic rings. The predicted octanol–water partition coefficient (Wildman–Crippen LogP) is 2.48. The fourth-order valence-corrected chi connectivity index (χ4v) is 6.33. The fraction of sp³-hybridized carbons (Fsp3) is 0.889. The highest BCUT2D eigenvalue weighted by Gasteiger charge is 2.27. The summed E-state index contributed by atoms with van der Waals surface area (Å²) >= 11 is 4.27. The van der Waals surface area contributed by atoms with Crippen LogP contribution in [0.2, 0.25) is 0 Å². The summed E-state index contributed by atoms with van der Waals surface area (Å²) in [7, 11) is 0. The number of hydrogen-bond acceptors (Lipinski definition) is 6. The lowest BCUT2D eigenvalue weighted by Crippen LogP contribution is -2.44. The van der Waals surface area contributed by atoms with Crippen molar-refractivity contribution >= 4 is 36.5 Å². The van der Waals surface area contributed by atoms with E-state index in [0.717, 1.165) is 18.0 Å². The third-order valence-corrected chi connectivity index (χ3v) is 7.72. The molecule has 0 bridgehead atoms. The standard InChI is InChI=1S/C16H30N2S2.2CH2O2/c1-2-4-16(3-1)18-7-5-14(6-8-18)11-17-15-12-19-9-10-20-13-15;2*2-1-3/h14-17H,1-13H2;2*1H,(H,2,3). The molecule has 6 nitrogen and oxygen atoms in total. The van der Waals surface area contributed by atoms with Crippen LogP contribution in [0, 0.1) is 5.92 Å². The van der Waals surface area contributed by atoms with Crippen molar-refractivity contribution in [2.75, 3.05) is 42.6 Å². The Morgan fingerprint density at radius 1 is 0.923 bits per heavy atom. The van der Waals surface area contributed by atoms with Crippen LogP contribution in [0.3, 0.4) is 0 Å². The largest absolute Gasteiger partial charge is 0.483 e. The van der Waals surface area contributed by atoms with Gasteiger partial charge in [0.1, 0.15) is 0 Å². The molecule has 26 heavy (non-hydrogen) atoms. The maximum Gasteiger partial charge on any atom is 0.290 e. The quantitative estimate of drug-likeness (QED) is 0.614. The van der Waals surface area contributed by atoms with Gasteiger partial charge in [0.2, 0.25) is 0 Å². The van der Waals surface area contributed by atoms with Crippen LogP contribution in [-0.4, -0.2) is 82.8 Å². The predicted molar refractivity (Wildman–Crippen MR) is 110 cm³/mol. The van der Waals surface area contributed by atoms with Crippen molar-refractivity contribution in [3.05, 3.63) is 0 Å². The minimum Gasteiger partial charge on any atom is -0.483 e. The van der Waals surface area contributed by atoms with Crippen molar-refractivity contribution in [2.45, 2.75) is 50.6 Å². The minimum atomic E-state index is -0.250. The maximum atomic E-state index is 8.36. The molecular weight excluding hydrogens is 372 g/mol. The van der Waals surface area contributed by atoms with E-state index < -0.39 is 0 Å². The maximum absolute atomic E-state index is 8.36. The van der Waals surface area contributed by atoms with E-state index in [-0.39, 0.29) is 12.9 Å². The van der Waals surface area contributed by atoms with Crippen LogP contribution in [0.25, 0.3) is 0 Å². The van der Waals surface area contributed by atoms with Gasteiger partial charge in [-0.2, -0.15) is 23.5 Å². The third-order valence-electron chi connectivity index (χ3n) is 5.20. The Kier molecular flexibility index (Phi) is 14.2. The summed E-state index contributed by atoms with van der Waals surface area (Å²) in [5.41, 5.74) is 0. The monoisotopic (exact) mass is 406 g/mol. The van der Waals surface area contributed by atoms with Gasteiger partial charge < -0.3 is 20.4 Å². The lowest BCUT2D eigenvalue weighted by atomic mass is 9.95. The van der Waals surface area contributed by atoms with Gasteiger partial charge in [0.05, 0.1) is 0 Å². The Morgan fingerprint density at radius 3 is 1.92 bits per heavy atom. The zero-order valence-electron chi connectivity index (χ0n) is 15.6. The van der Waals surface area contributed by atoms with Crippen molar-refractivity contribution in [2.24, 2.45) is 5.92 Å². The van der Waals surface area contributed by atoms with Gasteiger partial charge in [0.25, 0.3) is 12.9 Å². The number of nitrogens with one attached hydrogen (secondary N) is 1. The summed E-state index contributed by atoms with van der Waals surface area (Å²) in [4.78, 5) is 19.5. The molecule has 0 unspecified atom stereocenters. The first-order valence-corrected chi connectivity index (χ1v) is 11.8. The van der Waals surface area contributed by atoms with Gasteiger partial charge in [-0.15, -0.1) is 0 Å². The van der Waals surface area contributed by atoms with Gasteiger partial charge in [0.15, 0.2) is 0 Å². The van der Waals surface area contributed by atoms with E-state index in [1.165, 1.54) is 81.2 Å². The lowest BCUT2D eigenvalue weighted by molar-refractivity contribution is -0.123. The first-order chi connectivity index (χ1) is 12.7. The molecule has 3 aliphatic rings. The first kappa shape index (κ1) is 23.6. The summed E-state index contributed by atoms with van der Waals surface area (Å²) in [5.74, 6) is 6.29. The third kappa shape index (κ3) is 10.0. The highest BCUT2D eigenvalue weighted by atomic mass is 32.2. The molecular formula is C18H34N2O4S2. The summed E-state index contributed by atoms with van der Waals surface area (Å²) in [6.07, 6.45) is 8.75. The lowest BCUT2D eigenvalue weighted by Gasteiger charge is -2.36. The number of piperidine rings is 1. The second-order valence-corrected chi connectivity index (χ2v) is 9.18. The number of carboxylic acid groups (broad SMARTS) is 2. The van der Waals surface area contributed by atoms with Gasteiger partial charge in [-0.05, 0) is 51.2 Å². The number of nitrogens with zero attached hydrogens (tertiary/aromatic N) is 1. The van der Waals surface area contributed by atoms with Crippen molar-refractivity contribution in [3.8, 4) is 0 Å². The van der Waals surface area contributed by atoms with Crippen molar-refractivity contribution in [3.63, 3.8) is 0 Å². The second-order valence-electron chi connectivity index (χ2n) is 6.88. The Labute approximate surface area is 165 Å². The van der Waals surface area contributed by atoms with Crippen molar-refractivity contribution < 1.29 is 19.8 Å². The van der Waals surface area contributed by atoms with Crippen LogP contribution >= 0.6 is 23.5 Å². The van der Waals surface area contributed by atoms with Gasteiger partial charge in [0, 0.05) is 35.1 Å². The van der Waals surface area contributed by atoms with Gasteiger partial charge >= 0.3 is 0 Å². The van der Waals surface area contributed by atoms with E-state index in [2.05, 4.69) is 33.7 Å². The molecule has 2 saturated heterocycles. The van der Waals surface area contributed by atoms with Crippen molar-refractivity contribution in [1.82, 2.24) is 10.2 Å². The number of rotatable bonds is 4. The highest BCUT2D eigenvalue weighted by Crippen LogP contribution is 2.27. The molecule has 3 rings (SSSR count). The number of thioether (sulfide) groups is 2. The molecule has 1 saturated carbocycles. The SMILES string of the molecule is C1CCC(N2CCC(CNC3CSCCSC3)CC2)C1.O=CO.O=CO. The molecule has 0 atom stereocenters. The minimum absolute atomic E-state index is 0.250. The smallest absolute Gasteiger partial charge is 0.290 e. The average molecular weight is 407 g/mol. The molecule has 3 N–H and O–H groups in total. The Bertz CT molecular complexity index is 349. The summed E-state index contributed by atoms with van der Waals surface area (Å²) in [5, 5.41) is 17.6. The molecule has 152 valence electrons. The Balaban J connectivity index is 0.000000499. The van der Waals surface area contributed by atoms with Crippen LogP contribution in [-0.2, 0) is 9.59 Å². The molecule has 0 aromatic carbocycles. The van der Waals surface area contributed by atoms with Gasteiger partial charge in [-0.1, -0.05) is 12.8 Å². The van der Waals surface area contributed by atoms with Crippen molar-refractivity contribution in [1.29, 1.82) is 0 Å². The second kappa shape index (κ2) is 15.6. The topological polar surface area (TPSA) is 89.9 Å². The van der Waals surface area contributed by atoms with Crippen LogP contribution < -0.4 is 5.32 Å². The molecule has 3 fully saturated rings. The van der Waals surface area contributed by atoms with E-state index in [9.17, 15) is 0 Å². The van der Waals surface area contributed by atoms with Crippen LogP contribution in [0.4, 0.5) is 0 Å². The highest BCUT2D eigenvalue weighted by molar-refractivity contribution is 8.03. The van der Waals surface area contributed by atoms with Crippen LogP contribution in [0.15, 0.2) is 0 Å². The van der Waals surface area contributed by atoms with Crippen LogP contribution in [0.1, 0.15) is 38.5 Å². The molecule has 1 aliphatic carbocycles. The summed E-state index contributed by atoms with van der Waals surface area (Å²) < 4.78 is 0. The molecule has 0 amide bonds. The van der Waals surface area contributed by atoms with E-state index in [4.69, 9.17) is 19.8 Å². The first-order valence-electron chi connectivity index (χ1n) is 9.53. The average Bonchev–Trinajstić information content (AvgIpc) is 3.06. The summed E-state index contributed by atoms with van der Waals surface area (Å²) in [6.45, 7) is 3.50. The molecule has 2 aliphatic heterocycles. The van der Waals surface area contributed by atoms with Gasteiger partial charge in [-0.3, -0.25) is 9.59 Å². The molecule has 0 aromatic heterocycles. The van der Waals surface area contributed by atoms with Gasteiger partial charge in [-0.25, -0.2) is 0 Å². The number of likely N-dealkylation sites (tertiary alicyclic amines) is 1. The summed E-state index contributed by atoms with van der Waals surface area (Å²) in [6, 6.07) is 1.71. The molecule has 0 spiro atoms. The zero-order chi connectivity index (χ0) is 19.0. The molecule has 0 radical (unpaired) electrons. The Morgan fingerprint density at radius 2 is 1.42 bits per heavy atom. The van der Waals surface area contributed by atoms with E-state index in [1.807, 2.05) is 0 Å². The normalized spacial score (nSPS) is 23.1. The van der Waals surface area contributed by atoms with E-state index >= 15 is 0 Å². The van der Waals surface area contributed by atoms with E-state index in [1.54, 1.807) is 0 Å². The molecule has 8 heteroatoms. The van der Waals surface area contributed by atoms with E-state index in [0.29, 0.717) is 0 Å². The molecule has 2 heterocycles. The number of hydrogen-bond donors (Lipinski definition) is 3. The van der Waals surface area contributed by atoms with Crippen LogP contribution in [0.5, 0.6) is 0 Å². The Hall–Kier alpha value is -0.440. The number of carbonyl (C=O) groups is 2. The fourth-order valence-electron chi connectivity index (χ4n) is 3.86.